The van der Waals surface area contributed by atoms with Gasteiger partial charge in [0.15, 0.2) is 0 Å². The van der Waals surface area contributed by atoms with E-state index < -0.39 is 7.82 Å². The Kier molecular flexibility index (Phi) is 9.18. The van der Waals surface area contributed by atoms with Crippen LogP contribution in [0.4, 0.5) is 0 Å². The van der Waals surface area contributed by atoms with Crippen LogP contribution in [0.25, 0.3) is 0 Å². The summed E-state index contributed by atoms with van der Waals surface area (Å²) < 4.78 is 21.9. The third-order valence-electron chi connectivity index (χ3n) is 5.68. The van der Waals surface area contributed by atoms with Gasteiger partial charge in [-0.3, -0.25) is 23.8 Å². The summed E-state index contributed by atoms with van der Waals surface area (Å²) in [5.41, 5.74) is 0. The molecule has 1 aliphatic heterocycles. The molecule has 2 fully saturated rings. The van der Waals surface area contributed by atoms with Crippen molar-refractivity contribution in [3.05, 3.63) is 0 Å². The van der Waals surface area contributed by atoms with E-state index in [0.717, 1.165) is 50.7 Å². The number of phosphoric acid groups is 1. The number of likely N-dealkylation sites (tertiary alicyclic amines) is 1. The topological polar surface area (TPSA) is 121 Å². The SMILES string of the molecule is [3H]OP(=O)(O)OCCCCCCSC1CC(=O)N(CC2CCC(C(C)=O)CC2)C1=O. The van der Waals surface area contributed by atoms with Crippen LogP contribution in [0.5, 0.6) is 0 Å². The fourth-order valence-corrected chi connectivity index (χ4v) is 5.49. The average Bonchev–Trinajstić information content (AvgIpc) is 2.98. The number of phosphoric ester groups is 1. The summed E-state index contributed by atoms with van der Waals surface area (Å²) in [5, 5.41) is -0.302. The number of carbonyl (C=O) groups excluding carboxylic acids is 3. The van der Waals surface area contributed by atoms with Crippen molar-refractivity contribution in [2.24, 2.45) is 11.8 Å². The zero-order chi connectivity index (χ0) is 22.1. The fraction of sp³-hybridized carbons (Fsp3) is 0.842. The number of unbranched alkanes of at least 4 members (excludes halogenated alkanes) is 3. The number of hydrogen-bond acceptors (Lipinski definition) is 7. The zero-order valence-electron chi connectivity index (χ0n) is 17.9. The van der Waals surface area contributed by atoms with E-state index in [4.69, 9.17) is 6.32 Å². The van der Waals surface area contributed by atoms with Crippen LogP contribution < -0.4 is 0 Å². The average molecular weight is 452 g/mol. The minimum atomic E-state index is -4.22. The number of carbonyl (C=O) groups is 3. The molecule has 0 bridgehead atoms. The van der Waals surface area contributed by atoms with Gasteiger partial charge in [0.05, 0.1) is 11.9 Å². The van der Waals surface area contributed by atoms with Crippen LogP contribution in [0.3, 0.4) is 0 Å². The first kappa shape index (κ1) is 22.9. The van der Waals surface area contributed by atoms with E-state index in [-0.39, 0.29) is 41.8 Å². The number of thioether (sulfide) groups is 1. The van der Waals surface area contributed by atoms with E-state index in [1.807, 2.05) is 0 Å². The second kappa shape index (κ2) is 11.6. The van der Waals surface area contributed by atoms with E-state index in [1.165, 1.54) is 16.7 Å². The van der Waals surface area contributed by atoms with E-state index >= 15 is 0 Å². The Bertz CT molecular complexity index is 657. The number of rotatable bonds is 13. The maximum Gasteiger partial charge on any atom is 0.469 e. The molecule has 29 heavy (non-hydrogen) atoms. The molecule has 10 heteroatoms. The number of ketones is 1. The van der Waals surface area contributed by atoms with E-state index in [1.54, 1.807) is 6.92 Å². The molecule has 1 saturated heterocycles. The Balaban J connectivity index is 1.60. The third-order valence-corrected chi connectivity index (χ3v) is 7.48. The number of hydrogen-bond donors (Lipinski definition) is 2. The van der Waals surface area contributed by atoms with Crippen molar-refractivity contribution in [1.82, 2.24) is 4.90 Å². The van der Waals surface area contributed by atoms with Crippen molar-refractivity contribution in [3.8, 4) is 0 Å². The number of Topliss-reactive ketones (excluding diaryl/α,β-unsaturated/α-hetero) is 1. The first-order valence-corrected chi connectivity index (χ1v) is 12.9. The van der Waals surface area contributed by atoms with Gasteiger partial charge < -0.3 is 9.79 Å². The highest BCUT2D eigenvalue weighted by Crippen LogP contribution is 2.36. The monoisotopic (exact) mass is 451 g/mol. The van der Waals surface area contributed by atoms with Crippen LogP contribution in [0.15, 0.2) is 0 Å². The summed E-state index contributed by atoms with van der Waals surface area (Å²) in [7, 11) is -4.22. The van der Waals surface area contributed by atoms with Crippen molar-refractivity contribution < 1.29 is 33.3 Å². The predicted molar refractivity (Wildman–Crippen MR) is 110 cm³/mol. The standard InChI is InChI=1S/C19H32NO7PS/c1-14(21)16-8-6-15(7-9-16)13-20-18(22)12-17(19(20)23)29-11-5-3-2-4-10-27-28(24,25)26/h15-17H,2-13H2,1H3,(H2,24,25,26)/i/hT. The first-order valence-electron chi connectivity index (χ1n) is 10.7. The molecule has 1 heterocycles. The molecular weight excluding hydrogens is 417 g/mol. The molecule has 1 saturated carbocycles. The van der Waals surface area contributed by atoms with E-state index in [2.05, 4.69) is 9.42 Å². The van der Waals surface area contributed by atoms with E-state index in [9.17, 15) is 18.9 Å². The highest BCUT2D eigenvalue weighted by molar-refractivity contribution is 8.00. The summed E-state index contributed by atoms with van der Waals surface area (Å²) in [6, 6.07) is 0. The zero-order valence-corrected chi connectivity index (χ0v) is 18.6. The lowest BCUT2D eigenvalue weighted by Gasteiger charge is -2.29. The molecular formula is C19H32NO7PS. The maximum atomic E-state index is 12.6. The molecule has 2 rings (SSSR count). The Hall–Kier alpha value is -0.730. The minimum Gasteiger partial charge on any atom is -0.303 e. The van der Waals surface area contributed by atoms with Crippen LogP contribution in [0, 0.1) is 11.8 Å². The first-order chi connectivity index (χ1) is 14.2. The van der Waals surface area contributed by atoms with Crippen LogP contribution in [0.2, 0.25) is 0 Å². The molecule has 0 spiro atoms. The van der Waals surface area contributed by atoms with Gasteiger partial charge >= 0.3 is 7.82 Å². The van der Waals surface area contributed by atoms with Crippen LogP contribution in [-0.4, -0.2) is 57.9 Å². The summed E-state index contributed by atoms with van der Waals surface area (Å²) in [5.74, 6) is 1.28. The summed E-state index contributed by atoms with van der Waals surface area (Å²) in [4.78, 5) is 50.4. The molecule has 2 atom stereocenters. The molecule has 2 unspecified atom stereocenters. The second-order valence-corrected chi connectivity index (χ2v) is 10.5. The lowest BCUT2D eigenvalue weighted by Crippen LogP contribution is -2.37. The number of nitrogens with zero attached hydrogens (tertiary/aromatic N) is 1. The fourth-order valence-electron chi connectivity index (χ4n) is 3.95. The molecule has 1 aliphatic carbocycles. The van der Waals surface area contributed by atoms with Crippen LogP contribution >= 0.6 is 19.6 Å². The molecule has 0 radical (unpaired) electrons. The smallest absolute Gasteiger partial charge is 0.303 e. The number of imide groups is 1. The molecule has 8 nitrogen and oxygen atoms in total. The van der Waals surface area contributed by atoms with E-state index in [0.29, 0.717) is 18.9 Å². The van der Waals surface area contributed by atoms with Crippen LogP contribution in [0.1, 0.15) is 64.7 Å². The van der Waals surface area contributed by atoms with Crippen molar-refractivity contribution in [3.63, 3.8) is 0 Å². The summed E-state index contributed by atoms with van der Waals surface area (Å²) in [6.07, 6.45) is 6.89. The largest absolute Gasteiger partial charge is 0.469 e. The van der Waals surface area contributed by atoms with Gasteiger partial charge in [-0.15, -0.1) is 11.8 Å². The molecule has 166 valence electrons. The quantitative estimate of drug-likeness (QED) is 0.249. The van der Waals surface area contributed by atoms with Crippen molar-refractivity contribution in [2.75, 3.05) is 18.9 Å². The number of amides is 2. The minimum absolute atomic E-state index is 0.0543. The third kappa shape index (κ3) is 8.50. The van der Waals surface area contributed by atoms with Gasteiger partial charge in [-0.05, 0) is 57.1 Å². The van der Waals surface area contributed by atoms with Gasteiger partial charge in [-0.25, -0.2) is 4.57 Å². The van der Waals surface area contributed by atoms with Crippen molar-refractivity contribution in [2.45, 2.75) is 70.0 Å². The van der Waals surface area contributed by atoms with Gasteiger partial charge in [-0.1, -0.05) is 12.8 Å². The molecule has 2 aliphatic rings. The van der Waals surface area contributed by atoms with Crippen molar-refractivity contribution in [1.29, 1.82) is 1.43 Å². The Labute approximate surface area is 177 Å². The molecule has 2 N–H and O–H groups in total. The highest BCUT2D eigenvalue weighted by atomic mass is 32.2. The maximum absolute atomic E-state index is 12.6. The van der Waals surface area contributed by atoms with Gasteiger partial charge in [0.2, 0.25) is 13.2 Å². The van der Waals surface area contributed by atoms with Gasteiger partial charge in [0.25, 0.3) is 0 Å². The predicted octanol–water partition coefficient (Wildman–Crippen LogP) is 2.91. The molecule has 0 aromatic rings. The van der Waals surface area contributed by atoms with Gasteiger partial charge in [-0.2, -0.15) is 0 Å². The highest BCUT2D eigenvalue weighted by Gasteiger charge is 2.40. The van der Waals surface area contributed by atoms with Gasteiger partial charge in [0.1, 0.15) is 5.78 Å². The molecule has 2 amide bonds. The lowest BCUT2D eigenvalue weighted by atomic mass is 9.80. The summed E-state index contributed by atoms with van der Waals surface area (Å²) in [6.45, 7) is 2.17. The second-order valence-electron chi connectivity index (χ2n) is 7.95. The Morgan fingerprint density at radius 1 is 1.24 bits per heavy atom. The van der Waals surface area contributed by atoms with Crippen molar-refractivity contribution >= 4 is 37.2 Å². The lowest BCUT2D eigenvalue weighted by molar-refractivity contribution is -0.139. The summed E-state index contributed by atoms with van der Waals surface area (Å²) >= 11 is 1.52. The Morgan fingerprint density at radius 3 is 2.59 bits per heavy atom. The van der Waals surface area contributed by atoms with Crippen LogP contribution in [-0.2, 0) is 23.5 Å². The normalized spacial score (nSPS) is 27.7. The molecule has 0 aromatic heterocycles. The molecule has 0 aromatic carbocycles. The Morgan fingerprint density at radius 2 is 1.93 bits per heavy atom. The van der Waals surface area contributed by atoms with Gasteiger partial charge in [0, 0.05) is 18.9 Å².